The number of aromatic nitrogens is 2. The molecule has 0 fully saturated rings. The average molecular weight is 216 g/mol. The molecule has 0 unspecified atom stereocenters. The number of H-pyrrole nitrogens is 1. The van der Waals surface area contributed by atoms with Gasteiger partial charge < -0.3 is 4.74 Å². The van der Waals surface area contributed by atoms with Crippen molar-refractivity contribution in [2.24, 2.45) is 0 Å². The first kappa shape index (κ1) is 9.39. The van der Waals surface area contributed by atoms with Gasteiger partial charge in [0.15, 0.2) is 0 Å². The molecule has 16 heavy (non-hydrogen) atoms. The Bertz CT molecular complexity index is 614. The first-order chi connectivity index (χ1) is 7.57. The van der Waals surface area contributed by atoms with Crippen molar-refractivity contribution in [1.82, 2.24) is 10.2 Å². The molecule has 1 N–H and O–H groups in total. The van der Waals surface area contributed by atoms with E-state index in [-0.39, 0.29) is 11.2 Å². The zero-order chi connectivity index (χ0) is 11.3. The molecule has 1 aromatic heterocycles. The van der Waals surface area contributed by atoms with Crippen LogP contribution in [0.3, 0.4) is 0 Å². The third-order valence-corrected chi connectivity index (χ3v) is 2.83. The van der Waals surface area contributed by atoms with Crippen LogP contribution in [0.4, 0.5) is 0 Å². The lowest BCUT2D eigenvalue weighted by Gasteiger charge is -2.31. The van der Waals surface area contributed by atoms with Crippen molar-refractivity contribution >= 4 is 10.8 Å². The maximum absolute atomic E-state index is 11.6. The minimum Gasteiger partial charge on any atom is -0.487 e. The molecule has 1 aliphatic rings. The molecule has 0 atom stereocenters. The molecule has 4 nitrogen and oxygen atoms in total. The number of hydrogen-bond donors (Lipinski definition) is 1. The normalized spacial score (nSPS) is 17.1. The molecule has 4 heteroatoms. The standard InChI is InChI=1S/C12H12N2O2/c1-12(2)6-8-10-7(11(15)14-13-8)4-3-5-9(10)16-12/h3-5H,6H2,1-2H3,(H,14,15). The van der Waals surface area contributed by atoms with Gasteiger partial charge in [0.25, 0.3) is 5.56 Å². The zero-order valence-corrected chi connectivity index (χ0v) is 9.20. The highest BCUT2D eigenvalue weighted by Gasteiger charge is 2.29. The smallest absolute Gasteiger partial charge is 0.272 e. The Labute approximate surface area is 92.2 Å². The van der Waals surface area contributed by atoms with Gasteiger partial charge in [-0.25, -0.2) is 5.10 Å². The number of hydrogen-bond acceptors (Lipinski definition) is 3. The fourth-order valence-corrected chi connectivity index (χ4v) is 2.20. The molecule has 82 valence electrons. The third-order valence-electron chi connectivity index (χ3n) is 2.83. The van der Waals surface area contributed by atoms with Crippen molar-refractivity contribution < 1.29 is 4.74 Å². The SMILES string of the molecule is CC1(C)Cc2n[nH]c(=O)c3cccc(c23)O1. The van der Waals surface area contributed by atoms with Crippen LogP contribution < -0.4 is 10.3 Å². The van der Waals surface area contributed by atoms with E-state index in [1.807, 2.05) is 26.0 Å². The maximum Gasteiger partial charge on any atom is 0.272 e. The van der Waals surface area contributed by atoms with Gasteiger partial charge in [0, 0.05) is 6.42 Å². The van der Waals surface area contributed by atoms with Crippen LogP contribution in [0, 0.1) is 0 Å². The Morgan fingerprint density at radius 1 is 1.44 bits per heavy atom. The van der Waals surface area contributed by atoms with E-state index in [0.29, 0.717) is 11.8 Å². The van der Waals surface area contributed by atoms with Crippen LogP contribution in [-0.4, -0.2) is 15.8 Å². The van der Waals surface area contributed by atoms with E-state index >= 15 is 0 Å². The highest BCUT2D eigenvalue weighted by molar-refractivity contribution is 5.90. The van der Waals surface area contributed by atoms with E-state index in [4.69, 9.17) is 4.74 Å². The Morgan fingerprint density at radius 2 is 2.25 bits per heavy atom. The van der Waals surface area contributed by atoms with E-state index in [1.165, 1.54) is 0 Å². The van der Waals surface area contributed by atoms with Gasteiger partial charge in [-0.15, -0.1) is 0 Å². The molecule has 0 amide bonds. The molecule has 0 aliphatic carbocycles. The summed E-state index contributed by atoms with van der Waals surface area (Å²) in [6.07, 6.45) is 0.706. The average Bonchev–Trinajstić information content (AvgIpc) is 2.21. The summed E-state index contributed by atoms with van der Waals surface area (Å²) in [6.45, 7) is 4.03. The molecular weight excluding hydrogens is 204 g/mol. The molecular formula is C12H12N2O2. The van der Waals surface area contributed by atoms with E-state index in [9.17, 15) is 4.79 Å². The summed E-state index contributed by atoms with van der Waals surface area (Å²) in [7, 11) is 0. The highest BCUT2D eigenvalue weighted by atomic mass is 16.5. The molecule has 1 aliphatic heterocycles. The lowest BCUT2D eigenvalue weighted by atomic mass is 9.95. The van der Waals surface area contributed by atoms with Crippen molar-refractivity contribution in [3.63, 3.8) is 0 Å². The van der Waals surface area contributed by atoms with Gasteiger partial charge in [-0.2, -0.15) is 5.10 Å². The van der Waals surface area contributed by atoms with Gasteiger partial charge in [-0.1, -0.05) is 6.07 Å². The Morgan fingerprint density at radius 3 is 3.06 bits per heavy atom. The van der Waals surface area contributed by atoms with E-state index in [2.05, 4.69) is 10.2 Å². The van der Waals surface area contributed by atoms with Gasteiger partial charge in [-0.05, 0) is 26.0 Å². The lowest BCUT2D eigenvalue weighted by molar-refractivity contribution is 0.104. The molecule has 1 aromatic carbocycles. The van der Waals surface area contributed by atoms with Crippen LogP contribution in [0.15, 0.2) is 23.0 Å². The van der Waals surface area contributed by atoms with Crippen LogP contribution >= 0.6 is 0 Å². The maximum atomic E-state index is 11.6. The van der Waals surface area contributed by atoms with Crippen LogP contribution in [-0.2, 0) is 6.42 Å². The summed E-state index contributed by atoms with van der Waals surface area (Å²) in [5.41, 5.74) is 0.470. The topological polar surface area (TPSA) is 55.0 Å². The van der Waals surface area contributed by atoms with Gasteiger partial charge in [0.05, 0.1) is 16.5 Å². The fourth-order valence-electron chi connectivity index (χ4n) is 2.20. The second-order valence-electron chi connectivity index (χ2n) is 4.72. The first-order valence-corrected chi connectivity index (χ1v) is 5.26. The van der Waals surface area contributed by atoms with Crippen LogP contribution in [0.25, 0.3) is 10.8 Å². The molecule has 0 spiro atoms. The minimum absolute atomic E-state index is 0.163. The molecule has 0 saturated carbocycles. The molecule has 0 radical (unpaired) electrons. The largest absolute Gasteiger partial charge is 0.487 e. The second-order valence-corrected chi connectivity index (χ2v) is 4.72. The summed E-state index contributed by atoms with van der Waals surface area (Å²) in [5, 5.41) is 8.15. The molecule has 3 rings (SSSR count). The Kier molecular flexibility index (Phi) is 1.67. The summed E-state index contributed by atoms with van der Waals surface area (Å²) in [4.78, 5) is 11.6. The highest BCUT2D eigenvalue weighted by Crippen LogP contribution is 2.35. The van der Waals surface area contributed by atoms with Crippen LogP contribution in [0.5, 0.6) is 5.75 Å². The first-order valence-electron chi connectivity index (χ1n) is 5.26. The molecule has 2 aromatic rings. The predicted molar refractivity (Wildman–Crippen MR) is 60.8 cm³/mol. The van der Waals surface area contributed by atoms with E-state index in [0.717, 1.165) is 16.8 Å². The number of benzene rings is 1. The monoisotopic (exact) mass is 216 g/mol. The number of ether oxygens (including phenoxy) is 1. The van der Waals surface area contributed by atoms with Crippen molar-refractivity contribution in [1.29, 1.82) is 0 Å². The summed E-state index contributed by atoms with van der Waals surface area (Å²) in [5.74, 6) is 0.752. The molecule has 0 bridgehead atoms. The minimum atomic E-state index is -0.271. The second kappa shape index (κ2) is 2.84. The number of nitrogens with one attached hydrogen (secondary N) is 1. The van der Waals surface area contributed by atoms with Gasteiger partial charge >= 0.3 is 0 Å². The van der Waals surface area contributed by atoms with Crippen molar-refractivity contribution in [2.45, 2.75) is 25.9 Å². The third kappa shape index (κ3) is 1.23. The number of rotatable bonds is 0. The summed E-state index contributed by atoms with van der Waals surface area (Å²) < 4.78 is 5.85. The Hall–Kier alpha value is -1.84. The van der Waals surface area contributed by atoms with E-state index in [1.54, 1.807) is 6.07 Å². The number of aromatic amines is 1. The quantitative estimate of drug-likeness (QED) is 0.728. The Balaban J connectivity index is 2.43. The number of nitrogens with zero attached hydrogens (tertiary/aromatic N) is 1. The van der Waals surface area contributed by atoms with Crippen molar-refractivity contribution in [2.75, 3.05) is 0 Å². The fraction of sp³-hybridized carbons (Fsp3) is 0.333. The summed E-state index contributed by atoms with van der Waals surface area (Å²) in [6, 6.07) is 5.51. The van der Waals surface area contributed by atoms with Gasteiger partial charge in [-0.3, -0.25) is 4.79 Å². The van der Waals surface area contributed by atoms with E-state index < -0.39 is 0 Å². The lowest BCUT2D eigenvalue weighted by Crippen LogP contribution is -2.35. The molecule has 0 saturated heterocycles. The van der Waals surface area contributed by atoms with Crippen molar-refractivity contribution in [3.05, 3.63) is 34.2 Å². The predicted octanol–water partition coefficient (Wildman–Crippen LogP) is 1.64. The van der Waals surface area contributed by atoms with Gasteiger partial charge in [0.2, 0.25) is 0 Å². The zero-order valence-electron chi connectivity index (χ0n) is 9.20. The van der Waals surface area contributed by atoms with Crippen LogP contribution in [0.2, 0.25) is 0 Å². The molecule has 2 heterocycles. The summed E-state index contributed by atoms with van der Waals surface area (Å²) >= 11 is 0. The van der Waals surface area contributed by atoms with Crippen LogP contribution in [0.1, 0.15) is 19.5 Å². The van der Waals surface area contributed by atoms with Crippen molar-refractivity contribution in [3.8, 4) is 5.75 Å². The van der Waals surface area contributed by atoms with Gasteiger partial charge in [0.1, 0.15) is 11.4 Å².